The summed E-state index contributed by atoms with van der Waals surface area (Å²) in [6.07, 6.45) is 0.869. The Hall–Kier alpha value is -2.68. The van der Waals surface area contributed by atoms with Crippen molar-refractivity contribution >= 4 is 16.9 Å². The van der Waals surface area contributed by atoms with Crippen molar-refractivity contribution in [3.05, 3.63) is 64.7 Å². The summed E-state index contributed by atoms with van der Waals surface area (Å²) in [5.41, 5.74) is 6.05. The molecule has 0 radical (unpaired) electrons. The van der Waals surface area contributed by atoms with Crippen LogP contribution in [0, 0.1) is 13.8 Å². The van der Waals surface area contributed by atoms with E-state index in [0.717, 1.165) is 34.2 Å². The van der Waals surface area contributed by atoms with Crippen LogP contribution in [0.1, 0.15) is 34.0 Å². The average molecular weight is 305 g/mol. The monoisotopic (exact) mass is 305 g/mol. The number of fused-ring (bicyclic) bond motifs is 1. The SMILES string of the molecule is CCc1ccc2nc(-c3cc(C)ccc3C)cc(C(=O)O)c2c1. The number of pyridine rings is 1. The molecule has 1 aromatic heterocycles. The molecule has 0 fully saturated rings. The Labute approximate surface area is 135 Å². The van der Waals surface area contributed by atoms with Crippen molar-refractivity contribution in [1.82, 2.24) is 4.98 Å². The Bertz CT molecular complexity index is 913. The first-order chi connectivity index (χ1) is 11.0. The van der Waals surface area contributed by atoms with E-state index in [1.54, 1.807) is 6.07 Å². The van der Waals surface area contributed by atoms with Gasteiger partial charge in [0.15, 0.2) is 0 Å². The zero-order valence-electron chi connectivity index (χ0n) is 13.6. The van der Waals surface area contributed by atoms with E-state index in [4.69, 9.17) is 4.98 Å². The molecule has 0 bridgehead atoms. The minimum Gasteiger partial charge on any atom is -0.478 e. The Balaban J connectivity index is 2.31. The van der Waals surface area contributed by atoms with Crippen LogP contribution < -0.4 is 0 Å². The van der Waals surface area contributed by atoms with Crippen molar-refractivity contribution in [2.75, 3.05) is 0 Å². The molecule has 0 amide bonds. The summed E-state index contributed by atoms with van der Waals surface area (Å²) >= 11 is 0. The second-order valence-corrected chi connectivity index (χ2v) is 5.88. The van der Waals surface area contributed by atoms with Gasteiger partial charge in [0.1, 0.15) is 0 Å². The molecule has 23 heavy (non-hydrogen) atoms. The number of hydrogen-bond donors (Lipinski definition) is 1. The van der Waals surface area contributed by atoms with Gasteiger partial charge in [-0.1, -0.05) is 30.7 Å². The molecule has 3 aromatic rings. The highest BCUT2D eigenvalue weighted by Crippen LogP contribution is 2.28. The lowest BCUT2D eigenvalue weighted by molar-refractivity contribution is 0.0699. The van der Waals surface area contributed by atoms with Gasteiger partial charge in [-0.2, -0.15) is 0 Å². The van der Waals surface area contributed by atoms with Gasteiger partial charge in [0.2, 0.25) is 0 Å². The van der Waals surface area contributed by atoms with Crippen molar-refractivity contribution in [1.29, 1.82) is 0 Å². The van der Waals surface area contributed by atoms with Gasteiger partial charge in [-0.15, -0.1) is 0 Å². The zero-order valence-corrected chi connectivity index (χ0v) is 13.6. The fourth-order valence-corrected chi connectivity index (χ4v) is 2.82. The van der Waals surface area contributed by atoms with E-state index < -0.39 is 5.97 Å². The van der Waals surface area contributed by atoms with Crippen molar-refractivity contribution in [3.63, 3.8) is 0 Å². The van der Waals surface area contributed by atoms with E-state index in [-0.39, 0.29) is 0 Å². The molecule has 0 atom stereocenters. The summed E-state index contributed by atoms with van der Waals surface area (Å²) in [4.78, 5) is 16.4. The lowest BCUT2D eigenvalue weighted by atomic mass is 9.98. The van der Waals surface area contributed by atoms with E-state index in [9.17, 15) is 9.90 Å². The molecule has 1 heterocycles. The third kappa shape index (κ3) is 2.82. The Kier molecular flexibility index (Phi) is 3.87. The van der Waals surface area contributed by atoms with E-state index >= 15 is 0 Å². The largest absolute Gasteiger partial charge is 0.478 e. The first-order valence-corrected chi connectivity index (χ1v) is 7.74. The number of carboxylic acids is 1. The van der Waals surface area contributed by atoms with Gasteiger partial charge in [-0.05, 0) is 55.7 Å². The highest BCUT2D eigenvalue weighted by atomic mass is 16.4. The van der Waals surface area contributed by atoms with Crippen molar-refractivity contribution in [3.8, 4) is 11.3 Å². The van der Waals surface area contributed by atoms with E-state index in [0.29, 0.717) is 16.6 Å². The van der Waals surface area contributed by atoms with Gasteiger partial charge in [0, 0.05) is 10.9 Å². The third-order valence-electron chi connectivity index (χ3n) is 4.18. The van der Waals surface area contributed by atoms with Crippen LogP contribution in [0.5, 0.6) is 0 Å². The lowest BCUT2D eigenvalue weighted by Gasteiger charge is -2.11. The average Bonchev–Trinajstić information content (AvgIpc) is 2.55. The van der Waals surface area contributed by atoms with Crippen LogP contribution >= 0.6 is 0 Å². The smallest absolute Gasteiger partial charge is 0.336 e. The normalized spacial score (nSPS) is 10.9. The second kappa shape index (κ2) is 5.84. The van der Waals surface area contributed by atoms with Gasteiger partial charge in [-0.3, -0.25) is 0 Å². The molecule has 0 aliphatic heterocycles. The number of carbonyl (C=O) groups is 1. The Morgan fingerprint density at radius 3 is 2.57 bits per heavy atom. The highest BCUT2D eigenvalue weighted by Gasteiger charge is 2.14. The topological polar surface area (TPSA) is 50.2 Å². The standard InChI is InChI=1S/C20H19NO2/c1-4-14-7-8-18-16(10-14)17(20(22)23)11-19(21-18)15-9-12(2)5-6-13(15)3/h5-11H,4H2,1-3H3,(H,22,23). The van der Waals surface area contributed by atoms with Crippen LogP contribution in [0.3, 0.4) is 0 Å². The second-order valence-electron chi connectivity index (χ2n) is 5.88. The number of aromatic nitrogens is 1. The molecule has 0 aliphatic carbocycles. The fourth-order valence-electron chi connectivity index (χ4n) is 2.82. The maximum Gasteiger partial charge on any atom is 0.336 e. The minimum atomic E-state index is -0.919. The highest BCUT2D eigenvalue weighted by molar-refractivity contribution is 6.04. The molecule has 3 nitrogen and oxygen atoms in total. The summed E-state index contributed by atoms with van der Waals surface area (Å²) in [7, 11) is 0. The molecule has 0 spiro atoms. The number of rotatable bonds is 3. The summed E-state index contributed by atoms with van der Waals surface area (Å²) in [6.45, 7) is 6.09. The Morgan fingerprint density at radius 1 is 1.09 bits per heavy atom. The van der Waals surface area contributed by atoms with E-state index in [1.807, 2.05) is 44.2 Å². The van der Waals surface area contributed by atoms with Gasteiger partial charge < -0.3 is 5.11 Å². The molecule has 0 aliphatic rings. The maximum atomic E-state index is 11.7. The molecule has 2 aromatic carbocycles. The first kappa shape index (κ1) is 15.2. The van der Waals surface area contributed by atoms with E-state index in [2.05, 4.69) is 13.0 Å². The van der Waals surface area contributed by atoms with Crippen LogP contribution in [0.15, 0.2) is 42.5 Å². The number of benzene rings is 2. The number of hydrogen-bond acceptors (Lipinski definition) is 2. The molecular weight excluding hydrogens is 286 g/mol. The van der Waals surface area contributed by atoms with Gasteiger partial charge >= 0.3 is 5.97 Å². The Morgan fingerprint density at radius 2 is 1.87 bits per heavy atom. The summed E-state index contributed by atoms with van der Waals surface area (Å²) in [6, 6.07) is 13.7. The fraction of sp³-hybridized carbons (Fsp3) is 0.200. The summed E-state index contributed by atoms with van der Waals surface area (Å²) < 4.78 is 0. The predicted molar refractivity (Wildman–Crippen MR) is 93.0 cm³/mol. The van der Waals surface area contributed by atoms with Crippen LogP contribution in [-0.2, 0) is 6.42 Å². The van der Waals surface area contributed by atoms with Crippen LogP contribution in [0.4, 0.5) is 0 Å². The first-order valence-electron chi connectivity index (χ1n) is 7.74. The lowest BCUT2D eigenvalue weighted by Crippen LogP contribution is -2.01. The van der Waals surface area contributed by atoms with Crippen molar-refractivity contribution in [2.45, 2.75) is 27.2 Å². The van der Waals surface area contributed by atoms with Crippen LogP contribution in [0.25, 0.3) is 22.2 Å². The summed E-state index contributed by atoms with van der Waals surface area (Å²) in [5.74, 6) is -0.919. The van der Waals surface area contributed by atoms with Crippen molar-refractivity contribution < 1.29 is 9.90 Å². The summed E-state index contributed by atoms with van der Waals surface area (Å²) in [5, 5.41) is 10.3. The van der Waals surface area contributed by atoms with Crippen LogP contribution in [-0.4, -0.2) is 16.1 Å². The van der Waals surface area contributed by atoms with Gasteiger partial charge in [0.25, 0.3) is 0 Å². The van der Waals surface area contributed by atoms with Gasteiger partial charge in [0.05, 0.1) is 16.8 Å². The molecule has 3 heteroatoms. The number of carboxylic acid groups (broad SMARTS) is 1. The molecule has 3 rings (SSSR count). The van der Waals surface area contributed by atoms with Crippen molar-refractivity contribution in [2.24, 2.45) is 0 Å². The van der Waals surface area contributed by atoms with Crippen LogP contribution in [0.2, 0.25) is 0 Å². The van der Waals surface area contributed by atoms with Gasteiger partial charge in [-0.25, -0.2) is 9.78 Å². The predicted octanol–water partition coefficient (Wildman–Crippen LogP) is 4.78. The minimum absolute atomic E-state index is 0.307. The van der Waals surface area contributed by atoms with E-state index in [1.165, 1.54) is 0 Å². The quantitative estimate of drug-likeness (QED) is 0.757. The third-order valence-corrected chi connectivity index (χ3v) is 4.18. The molecule has 116 valence electrons. The molecular formula is C20H19NO2. The molecule has 0 saturated heterocycles. The molecule has 0 saturated carbocycles. The number of nitrogens with zero attached hydrogens (tertiary/aromatic N) is 1. The number of aromatic carboxylic acids is 1. The molecule has 1 N–H and O–H groups in total. The molecule has 0 unspecified atom stereocenters. The number of aryl methyl sites for hydroxylation is 3. The maximum absolute atomic E-state index is 11.7. The zero-order chi connectivity index (χ0) is 16.6.